The summed E-state index contributed by atoms with van der Waals surface area (Å²) in [5, 5.41) is 0. The van der Waals surface area contributed by atoms with Crippen LogP contribution in [0.5, 0.6) is 0 Å². The lowest BCUT2D eigenvalue weighted by molar-refractivity contribution is 0.482. The minimum atomic E-state index is 0.281. The highest BCUT2D eigenvalue weighted by Crippen LogP contribution is 2.16. The van der Waals surface area contributed by atoms with Crippen LogP contribution in [0.1, 0.15) is 41.0 Å². The van der Waals surface area contributed by atoms with E-state index in [0.717, 1.165) is 23.4 Å². The smallest absolute Gasteiger partial charge is 0.125 e. The third kappa shape index (κ3) is 6.42. The quantitative estimate of drug-likeness (QED) is 0.392. The largest absolute Gasteiger partial charge is 0.363 e. The minimum Gasteiger partial charge on any atom is -0.363 e. The number of hydrogen-bond donors (Lipinski definition) is 0. The predicted octanol–water partition coefficient (Wildman–Crippen LogP) is 4.46. The maximum atomic E-state index is 4.79. The summed E-state index contributed by atoms with van der Waals surface area (Å²) < 4.78 is 0. The zero-order valence-electron chi connectivity index (χ0n) is 13.7. The van der Waals surface area contributed by atoms with Gasteiger partial charge in [-0.25, -0.2) is 0 Å². The molecule has 2 heteroatoms. The van der Waals surface area contributed by atoms with Crippen molar-refractivity contribution >= 4 is 5.84 Å². The number of rotatable bonds is 6. The van der Waals surface area contributed by atoms with E-state index in [4.69, 9.17) is 4.99 Å². The van der Waals surface area contributed by atoms with Crippen molar-refractivity contribution in [2.24, 2.45) is 10.9 Å². The van der Waals surface area contributed by atoms with E-state index in [1.165, 1.54) is 5.57 Å². The molecule has 0 amide bonds. The van der Waals surface area contributed by atoms with Gasteiger partial charge in [-0.1, -0.05) is 37.3 Å². The van der Waals surface area contributed by atoms with Gasteiger partial charge in [0.1, 0.15) is 5.84 Å². The van der Waals surface area contributed by atoms with Crippen molar-refractivity contribution in [2.75, 3.05) is 14.1 Å². The number of likely N-dealkylation sites (N-methyl/N-ethyl adjacent to an activating group) is 1. The molecule has 0 heterocycles. The van der Waals surface area contributed by atoms with E-state index in [1.807, 2.05) is 32.8 Å². The molecule has 0 bridgehead atoms. The van der Waals surface area contributed by atoms with Crippen LogP contribution in [0.15, 0.2) is 40.9 Å². The van der Waals surface area contributed by atoms with Gasteiger partial charge in [-0.15, -0.1) is 0 Å². The monoisotopic (exact) mass is 262 g/mol. The first-order valence-electron chi connectivity index (χ1n) is 6.90. The molecule has 2 nitrogen and oxygen atoms in total. The molecule has 0 saturated heterocycles. The number of amidine groups is 1. The molecule has 0 aromatic rings. The molecule has 0 fully saturated rings. The lowest BCUT2D eigenvalue weighted by Crippen LogP contribution is -2.26. The Balaban J connectivity index is 4.78. The van der Waals surface area contributed by atoms with Gasteiger partial charge in [0.2, 0.25) is 0 Å². The molecule has 0 N–H and O–H groups in total. The zero-order chi connectivity index (χ0) is 15.2. The lowest BCUT2D eigenvalue weighted by Gasteiger charge is -2.21. The van der Waals surface area contributed by atoms with Crippen molar-refractivity contribution in [3.8, 4) is 0 Å². The van der Waals surface area contributed by atoms with Gasteiger partial charge >= 0.3 is 0 Å². The maximum Gasteiger partial charge on any atom is 0.125 e. The Bertz CT molecular complexity index is 386. The van der Waals surface area contributed by atoms with Crippen LogP contribution < -0.4 is 0 Å². The topological polar surface area (TPSA) is 15.6 Å². The van der Waals surface area contributed by atoms with E-state index in [9.17, 15) is 0 Å². The second-order valence-electron chi connectivity index (χ2n) is 5.75. The van der Waals surface area contributed by atoms with Crippen LogP contribution >= 0.6 is 0 Å². The highest BCUT2D eigenvalue weighted by molar-refractivity contribution is 5.96. The Hall–Kier alpha value is -1.31. The Morgan fingerprint density at radius 3 is 2.00 bits per heavy atom. The molecule has 0 aromatic carbocycles. The van der Waals surface area contributed by atoms with Crippen LogP contribution in [0.2, 0.25) is 0 Å². The van der Waals surface area contributed by atoms with E-state index in [2.05, 4.69) is 40.0 Å². The highest BCUT2D eigenvalue weighted by Gasteiger charge is 2.12. The molecule has 19 heavy (non-hydrogen) atoms. The fourth-order valence-electron chi connectivity index (χ4n) is 1.66. The summed E-state index contributed by atoms with van der Waals surface area (Å²) in [4.78, 5) is 6.82. The molecule has 0 rings (SSSR count). The molecule has 0 spiro atoms. The first kappa shape index (κ1) is 17.7. The third-order valence-electron chi connectivity index (χ3n) is 3.42. The summed E-state index contributed by atoms with van der Waals surface area (Å²) in [5.41, 5.74) is 3.42. The third-order valence-corrected chi connectivity index (χ3v) is 3.42. The van der Waals surface area contributed by atoms with Gasteiger partial charge in [0.15, 0.2) is 0 Å². The fraction of sp³-hybridized carbons (Fsp3) is 0.588. The van der Waals surface area contributed by atoms with Gasteiger partial charge in [-0.05, 0) is 45.6 Å². The Kier molecular flexibility index (Phi) is 7.43. The molecular weight excluding hydrogens is 232 g/mol. The fourth-order valence-corrected chi connectivity index (χ4v) is 1.66. The molecule has 0 radical (unpaired) electrons. The first-order valence-corrected chi connectivity index (χ1v) is 6.90. The average Bonchev–Trinajstić information content (AvgIpc) is 2.30. The van der Waals surface area contributed by atoms with Crippen LogP contribution in [0.4, 0.5) is 0 Å². The van der Waals surface area contributed by atoms with Crippen LogP contribution in [0, 0.1) is 5.92 Å². The van der Waals surface area contributed by atoms with Crippen molar-refractivity contribution < 1.29 is 0 Å². The van der Waals surface area contributed by atoms with Crippen molar-refractivity contribution in [3.05, 3.63) is 36.0 Å². The first-order chi connectivity index (χ1) is 8.66. The van der Waals surface area contributed by atoms with Crippen molar-refractivity contribution in [2.45, 2.75) is 47.1 Å². The molecule has 0 aliphatic rings. The molecule has 2 unspecified atom stereocenters. The second kappa shape index (κ2) is 7.98. The van der Waals surface area contributed by atoms with Gasteiger partial charge in [0.05, 0.1) is 6.04 Å². The molecule has 0 aliphatic heterocycles. The molecule has 108 valence electrons. The average molecular weight is 262 g/mol. The number of hydrogen-bond acceptors (Lipinski definition) is 1. The van der Waals surface area contributed by atoms with E-state index >= 15 is 0 Å². The van der Waals surface area contributed by atoms with Crippen molar-refractivity contribution in [1.29, 1.82) is 0 Å². The van der Waals surface area contributed by atoms with Gasteiger partial charge in [0.25, 0.3) is 0 Å². The van der Waals surface area contributed by atoms with Crippen LogP contribution in [-0.2, 0) is 0 Å². The van der Waals surface area contributed by atoms with Crippen LogP contribution in [-0.4, -0.2) is 30.9 Å². The Morgan fingerprint density at radius 2 is 1.63 bits per heavy atom. The maximum absolute atomic E-state index is 4.79. The van der Waals surface area contributed by atoms with Crippen molar-refractivity contribution in [3.63, 3.8) is 0 Å². The van der Waals surface area contributed by atoms with Crippen molar-refractivity contribution in [1.82, 2.24) is 4.90 Å². The molecule has 2 atom stereocenters. The summed E-state index contributed by atoms with van der Waals surface area (Å²) in [6.45, 7) is 18.5. The Morgan fingerprint density at radius 1 is 1.11 bits per heavy atom. The normalized spacial score (nSPS) is 15.9. The summed E-state index contributed by atoms with van der Waals surface area (Å²) in [6, 6.07) is 0.281. The lowest BCUT2D eigenvalue weighted by atomic mass is 9.97. The van der Waals surface area contributed by atoms with Gasteiger partial charge < -0.3 is 4.90 Å². The van der Waals surface area contributed by atoms with Gasteiger partial charge in [-0.2, -0.15) is 0 Å². The second-order valence-corrected chi connectivity index (χ2v) is 5.75. The highest BCUT2D eigenvalue weighted by atomic mass is 15.1. The zero-order valence-corrected chi connectivity index (χ0v) is 13.7. The van der Waals surface area contributed by atoms with E-state index in [-0.39, 0.29) is 6.04 Å². The van der Waals surface area contributed by atoms with Gasteiger partial charge in [-0.3, -0.25) is 4.99 Å². The van der Waals surface area contributed by atoms with Crippen LogP contribution in [0.3, 0.4) is 0 Å². The summed E-state index contributed by atoms with van der Waals surface area (Å²) in [6.07, 6.45) is 3.29. The number of allylic oxidation sites excluding steroid dienone is 3. The summed E-state index contributed by atoms with van der Waals surface area (Å²) >= 11 is 0. The minimum absolute atomic E-state index is 0.281. The SMILES string of the molecule is C=C(C)C(C)=CCC(C)C(C)N=C(C(=C)C)N(C)C. The van der Waals surface area contributed by atoms with E-state index in [0.29, 0.717) is 5.92 Å². The predicted molar refractivity (Wildman–Crippen MR) is 87.8 cm³/mol. The molecule has 0 saturated carbocycles. The number of aliphatic imine (C=N–C) groups is 1. The molecule has 0 aromatic heterocycles. The number of nitrogens with zero attached hydrogens (tertiary/aromatic N) is 2. The van der Waals surface area contributed by atoms with E-state index < -0.39 is 0 Å². The molecule has 0 aliphatic carbocycles. The Labute approximate surface area is 119 Å². The van der Waals surface area contributed by atoms with E-state index in [1.54, 1.807) is 0 Å². The van der Waals surface area contributed by atoms with Crippen LogP contribution in [0.25, 0.3) is 0 Å². The van der Waals surface area contributed by atoms with Gasteiger partial charge in [0, 0.05) is 14.1 Å². The standard InChI is InChI=1S/C17H30N2/c1-12(2)14(5)10-11-15(6)16(7)18-17(13(3)4)19(8)9/h10,15-16H,1,3,11H2,2,4-9H3. The molecular formula is C17H30N2. The summed E-state index contributed by atoms with van der Waals surface area (Å²) in [5.74, 6) is 1.49. The summed E-state index contributed by atoms with van der Waals surface area (Å²) in [7, 11) is 4.02.